The van der Waals surface area contributed by atoms with Crippen LogP contribution in [-0.2, 0) is 9.53 Å². The van der Waals surface area contributed by atoms with Crippen molar-refractivity contribution in [3.05, 3.63) is 0 Å². The zero-order valence-corrected chi connectivity index (χ0v) is 14.2. The van der Waals surface area contributed by atoms with Gasteiger partial charge in [0.25, 0.3) is 0 Å². The second-order valence-electron chi connectivity index (χ2n) is 6.81. The van der Waals surface area contributed by atoms with E-state index >= 15 is 0 Å². The fourth-order valence-electron chi connectivity index (χ4n) is 3.39. The van der Waals surface area contributed by atoms with Crippen molar-refractivity contribution >= 4 is 12.0 Å². The van der Waals surface area contributed by atoms with Crippen LogP contribution in [-0.4, -0.2) is 59.3 Å². The number of alkyl halides is 3. The normalized spacial score (nSPS) is 22.0. The van der Waals surface area contributed by atoms with E-state index in [0.717, 1.165) is 12.8 Å². The van der Waals surface area contributed by atoms with Gasteiger partial charge in [-0.25, -0.2) is 4.79 Å². The Balaban J connectivity index is 1.86. The summed E-state index contributed by atoms with van der Waals surface area (Å²) in [6.45, 7) is 5.20. The third-order valence-corrected chi connectivity index (χ3v) is 4.89. The molecule has 138 valence electrons. The Kier molecular flexibility index (Phi) is 5.65. The zero-order valence-electron chi connectivity index (χ0n) is 14.2. The molecular formula is C16H25F3N2O3. The largest absolute Gasteiger partial charge is 0.441 e. The molecule has 1 atom stereocenters. The standard InChI is InChI=1S/C16H25F3N2O3/c1-3-4-12(2)21-11-15(24-14(21)23)7-9-20(10-8-15)13(22)5-6-16(17,18)19/h12H,3-11H2,1-2H3. The first kappa shape index (κ1) is 18.9. The second-order valence-corrected chi connectivity index (χ2v) is 6.81. The SMILES string of the molecule is CCCC(C)N1CC2(CCN(C(=O)CCC(F)(F)F)CC2)OC1=O. The van der Waals surface area contributed by atoms with E-state index in [9.17, 15) is 22.8 Å². The van der Waals surface area contributed by atoms with E-state index in [1.165, 1.54) is 4.90 Å². The monoisotopic (exact) mass is 350 g/mol. The molecule has 2 amide bonds. The molecule has 0 N–H and O–H groups in total. The highest BCUT2D eigenvalue weighted by molar-refractivity contribution is 5.76. The first-order chi connectivity index (χ1) is 11.2. The number of piperidine rings is 1. The predicted molar refractivity (Wildman–Crippen MR) is 81.4 cm³/mol. The molecular weight excluding hydrogens is 325 g/mol. The van der Waals surface area contributed by atoms with Gasteiger partial charge in [0.2, 0.25) is 5.91 Å². The lowest BCUT2D eigenvalue weighted by Crippen LogP contribution is -2.49. The quantitative estimate of drug-likeness (QED) is 0.764. The number of halogens is 3. The van der Waals surface area contributed by atoms with E-state index in [4.69, 9.17) is 4.74 Å². The molecule has 5 nitrogen and oxygen atoms in total. The van der Waals surface area contributed by atoms with Crippen LogP contribution in [0.15, 0.2) is 0 Å². The molecule has 2 fully saturated rings. The highest BCUT2D eigenvalue weighted by atomic mass is 19.4. The van der Waals surface area contributed by atoms with Gasteiger partial charge in [-0.15, -0.1) is 0 Å². The topological polar surface area (TPSA) is 49.9 Å². The summed E-state index contributed by atoms with van der Waals surface area (Å²) >= 11 is 0. The minimum absolute atomic E-state index is 0.105. The van der Waals surface area contributed by atoms with Gasteiger partial charge in [0.05, 0.1) is 13.0 Å². The summed E-state index contributed by atoms with van der Waals surface area (Å²) in [6.07, 6.45) is -3.43. The second kappa shape index (κ2) is 7.19. The fourth-order valence-corrected chi connectivity index (χ4v) is 3.39. The lowest BCUT2D eigenvalue weighted by Gasteiger charge is -2.37. The Morgan fingerprint density at radius 1 is 1.33 bits per heavy atom. The molecule has 0 radical (unpaired) electrons. The molecule has 1 unspecified atom stereocenters. The average molecular weight is 350 g/mol. The van der Waals surface area contributed by atoms with Gasteiger partial charge in [0.1, 0.15) is 5.60 Å². The number of carbonyl (C=O) groups excluding carboxylic acids is 2. The zero-order chi connectivity index (χ0) is 18.0. The van der Waals surface area contributed by atoms with Crippen molar-refractivity contribution in [3.8, 4) is 0 Å². The molecule has 8 heteroatoms. The van der Waals surface area contributed by atoms with Gasteiger partial charge >= 0.3 is 12.3 Å². The Hall–Kier alpha value is -1.47. The van der Waals surface area contributed by atoms with Crippen LogP contribution in [0.4, 0.5) is 18.0 Å². The van der Waals surface area contributed by atoms with Crippen LogP contribution in [0, 0.1) is 0 Å². The van der Waals surface area contributed by atoms with E-state index in [1.54, 1.807) is 4.90 Å². The lowest BCUT2D eigenvalue weighted by molar-refractivity contribution is -0.151. The van der Waals surface area contributed by atoms with E-state index in [0.29, 0.717) is 32.5 Å². The molecule has 2 heterocycles. The molecule has 2 rings (SSSR count). The Morgan fingerprint density at radius 3 is 2.50 bits per heavy atom. The minimum atomic E-state index is -4.32. The van der Waals surface area contributed by atoms with Crippen molar-refractivity contribution in [2.24, 2.45) is 0 Å². The highest BCUT2D eigenvalue weighted by Gasteiger charge is 2.48. The van der Waals surface area contributed by atoms with E-state index < -0.39 is 30.5 Å². The van der Waals surface area contributed by atoms with Crippen molar-refractivity contribution in [3.63, 3.8) is 0 Å². The number of carbonyl (C=O) groups is 2. The van der Waals surface area contributed by atoms with Gasteiger partial charge in [0.15, 0.2) is 0 Å². The molecule has 2 aliphatic rings. The molecule has 0 aromatic rings. The minimum Gasteiger partial charge on any atom is -0.441 e. The Bertz CT molecular complexity index is 474. The van der Waals surface area contributed by atoms with Crippen LogP contribution < -0.4 is 0 Å². The summed E-state index contributed by atoms with van der Waals surface area (Å²) in [5, 5.41) is 0. The molecule has 2 saturated heterocycles. The summed E-state index contributed by atoms with van der Waals surface area (Å²) in [7, 11) is 0. The molecule has 0 aromatic heterocycles. The van der Waals surface area contributed by atoms with Crippen LogP contribution in [0.3, 0.4) is 0 Å². The van der Waals surface area contributed by atoms with Crippen molar-refractivity contribution in [2.75, 3.05) is 19.6 Å². The third-order valence-electron chi connectivity index (χ3n) is 4.89. The van der Waals surface area contributed by atoms with Crippen LogP contribution in [0.5, 0.6) is 0 Å². The van der Waals surface area contributed by atoms with Crippen LogP contribution in [0.25, 0.3) is 0 Å². The van der Waals surface area contributed by atoms with Gasteiger partial charge in [0, 0.05) is 38.4 Å². The number of hydrogen-bond acceptors (Lipinski definition) is 3. The summed E-state index contributed by atoms with van der Waals surface area (Å²) in [5.41, 5.74) is -0.597. The fraction of sp³-hybridized carbons (Fsp3) is 0.875. The molecule has 0 saturated carbocycles. The first-order valence-corrected chi connectivity index (χ1v) is 8.50. The van der Waals surface area contributed by atoms with Crippen molar-refractivity contribution in [2.45, 2.75) is 70.2 Å². The van der Waals surface area contributed by atoms with Crippen LogP contribution in [0.1, 0.15) is 52.4 Å². The van der Waals surface area contributed by atoms with E-state index in [2.05, 4.69) is 6.92 Å². The summed E-state index contributed by atoms with van der Waals surface area (Å²) in [5.74, 6) is -0.484. The molecule has 24 heavy (non-hydrogen) atoms. The number of ether oxygens (including phenoxy) is 1. The molecule has 2 aliphatic heterocycles. The maximum absolute atomic E-state index is 12.2. The maximum atomic E-state index is 12.2. The summed E-state index contributed by atoms with van der Waals surface area (Å²) in [4.78, 5) is 27.1. The number of nitrogens with zero attached hydrogens (tertiary/aromatic N) is 2. The van der Waals surface area contributed by atoms with Gasteiger partial charge in [-0.05, 0) is 13.3 Å². The smallest absolute Gasteiger partial charge is 0.410 e. The van der Waals surface area contributed by atoms with Crippen molar-refractivity contribution in [1.29, 1.82) is 0 Å². The van der Waals surface area contributed by atoms with E-state index in [1.807, 2.05) is 6.92 Å². The molecule has 0 bridgehead atoms. The Labute approximate surface area is 140 Å². The van der Waals surface area contributed by atoms with Gasteiger partial charge in [-0.2, -0.15) is 13.2 Å². The van der Waals surface area contributed by atoms with Gasteiger partial charge in [-0.1, -0.05) is 13.3 Å². The maximum Gasteiger partial charge on any atom is 0.410 e. The lowest BCUT2D eigenvalue weighted by atomic mass is 9.90. The first-order valence-electron chi connectivity index (χ1n) is 8.50. The summed E-state index contributed by atoms with van der Waals surface area (Å²) in [6, 6.07) is 0.105. The van der Waals surface area contributed by atoms with Gasteiger partial charge in [-0.3, -0.25) is 4.79 Å². The van der Waals surface area contributed by atoms with Crippen LogP contribution >= 0.6 is 0 Å². The molecule has 0 aliphatic carbocycles. The predicted octanol–water partition coefficient (Wildman–Crippen LogP) is 3.33. The molecule has 1 spiro atoms. The van der Waals surface area contributed by atoms with E-state index in [-0.39, 0.29) is 12.1 Å². The third kappa shape index (κ3) is 4.54. The number of amides is 2. The number of rotatable bonds is 5. The highest BCUT2D eigenvalue weighted by Crippen LogP contribution is 2.35. The average Bonchev–Trinajstić information content (AvgIpc) is 2.82. The summed E-state index contributed by atoms with van der Waals surface area (Å²) < 4.78 is 42.2. The number of likely N-dealkylation sites (tertiary alicyclic amines) is 1. The van der Waals surface area contributed by atoms with Crippen molar-refractivity contribution in [1.82, 2.24) is 9.80 Å². The van der Waals surface area contributed by atoms with Crippen molar-refractivity contribution < 1.29 is 27.5 Å². The Morgan fingerprint density at radius 2 is 1.96 bits per heavy atom. The molecule has 0 aromatic carbocycles. The number of hydrogen-bond donors (Lipinski definition) is 0. The van der Waals surface area contributed by atoms with Crippen LogP contribution in [0.2, 0.25) is 0 Å². The van der Waals surface area contributed by atoms with Gasteiger partial charge < -0.3 is 14.5 Å².